The number of halogens is 3. The van der Waals surface area contributed by atoms with Gasteiger partial charge in [0, 0.05) is 23.5 Å². The first-order valence-corrected chi connectivity index (χ1v) is 9.75. The second-order valence-corrected chi connectivity index (χ2v) is 7.28. The van der Waals surface area contributed by atoms with Gasteiger partial charge in [0.05, 0.1) is 29.8 Å². The Morgan fingerprint density at radius 1 is 1.06 bits per heavy atom. The van der Waals surface area contributed by atoms with Crippen LogP contribution in [0.4, 0.5) is 13.2 Å². The van der Waals surface area contributed by atoms with E-state index in [4.69, 9.17) is 0 Å². The van der Waals surface area contributed by atoms with Crippen molar-refractivity contribution in [1.29, 1.82) is 0 Å². The monoisotopic (exact) mass is 455 g/mol. The number of H-pyrrole nitrogens is 1. The Morgan fingerprint density at radius 2 is 1.88 bits per heavy atom. The number of benzene rings is 1. The molecule has 0 radical (unpaired) electrons. The molecule has 0 aliphatic heterocycles. The van der Waals surface area contributed by atoms with E-state index >= 15 is 0 Å². The number of carbonyl (C=O) groups is 1. The maximum atomic E-state index is 13.4. The van der Waals surface area contributed by atoms with E-state index in [9.17, 15) is 18.0 Å². The lowest BCUT2D eigenvalue weighted by Gasteiger charge is -2.10. The minimum Gasteiger partial charge on any atom is -0.346 e. The molecule has 9 nitrogen and oxygen atoms in total. The van der Waals surface area contributed by atoms with Gasteiger partial charge in [-0.25, -0.2) is 0 Å². The first kappa shape index (κ1) is 22.0. The van der Waals surface area contributed by atoms with Gasteiger partial charge in [-0.2, -0.15) is 13.2 Å². The van der Waals surface area contributed by atoms with Crippen LogP contribution in [0.2, 0.25) is 0 Å². The molecule has 1 aromatic carbocycles. The number of pyridine rings is 1. The van der Waals surface area contributed by atoms with Crippen LogP contribution in [0, 0.1) is 13.8 Å². The molecule has 4 rings (SSSR count). The van der Waals surface area contributed by atoms with Gasteiger partial charge < -0.3 is 5.32 Å². The summed E-state index contributed by atoms with van der Waals surface area (Å²) >= 11 is 0. The summed E-state index contributed by atoms with van der Waals surface area (Å²) < 4.78 is 40.8. The van der Waals surface area contributed by atoms with Crippen molar-refractivity contribution >= 4 is 5.91 Å². The first-order valence-electron chi connectivity index (χ1n) is 9.75. The number of aryl methyl sites for hydroxylation is 2. The van der Waals surface area contributed by atoms with E-state index in [1.54, 1.807) is 31.5 Å². The van der Waals surface area contributed by atoms with E-state index in [2.05, 4.69) is 35.8 Å². The van der Waals surface area contributed by atoms with E-state index in [0.29, 0.717) is 21.6 Å². The molecular weight excluding hydrogens is 437 g/mol. The smallest absolute Gasteiger partial charge is 0.346 e. The third-order valence-corrected chi connectivity index (χ3v) is 4.66. The maximum absolute atomic E-state index is 13.4. The molecule has 2 N–H and O–H groups in total. The molecule has 1 amide bonds. The Labute approximate surface area is 185 Å². The van der Waals surface area contributed by atoms with Crippen LogP contribution >= 0.6 is 0 Å². The number of aromatic amines is 1. The zero-order valence-electron chi connectivity index (χ0n) is 17.6. The van der Waals surface area contributed by atoms with Crippen molar-refractivity contribution < 1.29 is 22.6 Å². The highest BCUT2D eigenvalue weighted by Gasteiger charge is 2.45. The third kappa shape index (κ3) is 5.00. The van der Waals surface area contributed by atoms with Gasteiger partial charge in [0.2, 0.25) is 0 Å². The lowest BCUT2D eigenvalue weighted by atomic mass is 10.0. The van der Waals surface area contributed by atoms with E-state index in [1.165, 1.54) is 18.3 Å². The fourth-order valence-corrected chi connectivity index (χ4v) is 3.01. The summed E-state index contributed by atoms with van der Waals surface area (Å²) in [5.74, 6) is -1.76. The van der Waals surface area contributed by atoms with E-state index in [1.807, 2.05) is 13.0 Å². The Bertz CT molecular complexity index is 1280. The van der Waals surface area contributed by atoms with Gasteiger partial charge in [0.15, 0.2) is 5.21 Å². The molecule has 168 valence electrons. The summed E-state index contributed by atoms with van der Waals surface area (Å²) in [6, 6.07) is 7.86. The van der Waals surface area contributed by atoms with Gasteiger partial charge in [-0.05, 0) is 43.7 Å². The van der Waals surface area contributed by atoms with Crippen LogP contribution < -0.4 is 10.00 Å². The molecule has 0 unspecified atom stereocenters. The number of nitrogens with one attached hydrogen (secondary N) is 2. The Kier molecular flexibility index (Phi) is 5.82. The number of alkyl halides is 3. The molecular formula is C21H18F3N8O+. The molecule has 0 spiro atoms. The molecule has 4 aromatic rings. The summed E-state index contributed by atoms with van der Waals surface area (Å²) in [4.78, 5) is 25.5. The molecule has 3 heterocycles. The second-order valence-electron chi connectivity index (χ2n) is 7.28. The summed E-state index contributed by atoms with van der Waals surface area (Å²) in [5, 5.41) is 11.3. The number of hydrogen-bond acceptors (Lipinski definition) is 6. The fourth-order valence-electron chi connectivity index (χ4n) is 3.01. The number of hydrogen-bond donors (Lipinski definition) is 2. The lowest BCUT2D eigenvalue weighted by Crippen LogP contribution is -2.41. The summed E-state index contributed by atoms with van der Waals surface area (Å²) in [5.41, 5.74) is 3.27. The predicted octanol–water partition coefficient (Wildman–Crippen LogP) is 2.50. The zero-order valence-corrected chi connectivity index (χ0v) is 17.6. The van der Waals surface area contributed by atoms with Gasteiger partial charge in [0.1, 0.15) is 10.8 Å². The van der Waals surface area contributed by atoms with Gasteiger partial charge >= 0.3 is 12.0 Å². The Balaban J connectivity index is 1.73. The van der Waals surface area contributed by atoms with Crippen LogP contribution in [0.1, 0.15) is 33.1 Å². The van der Waals surface area contributed by atoms with Crippen LogP contribution in [-0.4, -0.2) is 36.4 Å². The topological polar surface area (TPSA) is 113 Å². The average Bonchev–Trinajstić information content (AvgIpc) is 3.29. The average molecular weight is 455 g/mol. The maximum Gasteiger partial charge on any atom is 0.488 e. The number of rotatable bonds is 5. The van der Waals surface area contributed by atoms with Crippen molar-refractivity contribution in [3.05, 3.63) is 77.3 Å². The van der Waals surface area contributed by atoms with Gasteiger partial charge in [0.25, 0.3) is 5.91 Å². The number of carbonyl (C=O) groups excluding carboxylic acids is 1. The van der Waals surface area contributed by atoms with E-state index < -0.39 is 17.9 Å². The van der Waals surface area contributed by atoms with Crippen LogP contribution in [0.25, 0.3) is 16.9 Å². The zero-order chi connectivity index (χ0) is 23.6. The molecule has 0 atom stereocenters. The van der Waals surface area contributed by atoms with Crippen molar-refractivity contribution in [2.75, 3.05) is 0 Å². The minimum atomic E-state index is -4.75. The van der Waals surface area contributed by atoms with Gasteiger partial charge in [-0.3, -0.25) is 19.7 Å². The summed E-state index contributed by atoms with van der Waals surface area (Å²) in [7, 11) is 0. The molecule has 3 aromatic heterocycles. The normalized spacial score (nSPS) is 11.4. The molecule has 33 heavy (non-hydrogen) atoms. The molecule has 0 aliphatic rings. The summed E-state index contributed by atoms with van der Waals surface area (Å²) in [6.45, 7) is 3.75. The lowest BCUT2D eigenvalue weighted by molar-refractivity contribution is -0.680. The number of amides is 1. The number of tetrazole rings is 1. The van der Waals surface area contributed by atoms with Crippen LogP contribution in [-0.2, 0) is 12.7 Å². The summed E-state index contributed by atoms with van der Waals surface area (Å²) in [6.07, 6.45) is -0.0132. The van der Waals surface area contributed by atoms with Crippen molar-refractivity contribution in [1.82, 2.24) is 35.8 Å². The second kappa shape index (κ2) is 8.73. The van der Waals surface area contributed by atoms with Crippen LogP contribution in [0.3, 0.4) is 0 Å². The predicted molar refractivity (Wildman–Crippen MR) is 109 cm³/mol. The Hall–Kier alpha value is -4.22. The van der Waals surface area contributed by atoms with Crippen molar-refractivity contribution in [3.8, 4) is 16.9 Å². The molecule has 0 fully saturated rings. The highest BCUT2D eigenvalue weighted by Crippen LogP contribution is 2.26. The van der Waals surface area contributed by atoms with Gasteiger partial charge in [-0.15, -0.1) is 4.68 Å². The first-order chi connectivity index (χ1) is 15.7. The molecule has 12 heteroatoms. The van der Waals surface area contributed by atoms with E-state index in [-0.39, 0.29) is 17.8 Å². The molecule has 0 saturated carbocycles. The molecule has 0 aliphatic carbocycles. The Morgan fingerprint density at radius 3 is 2.55 bits per heavy atom. The quantitative estimate of drug-likeness (QED) is 0.447. The highest BCUT2D eigenvalue weighted by atomic mass is 19.4. The van der Waals surface area contributed by atoms with Crippen molar-refractivity contribution in [2.45, 2.75) is 26.6 Å². The SMILES string of the molecule is Cc1ccc(-c2cc(C(=O)NCc3cnc(C)cn3)cc(-[n+]3[nH]nnc3C(F)(F)F)c2)nc1. The third-order valence-electron chi connectivity index (χ3n) is 4.66. The minimum absolute atomic E-state index is 0.0208. The van der Waals surface area contributed by atoms with Gasteiger partial charge in [-0.1, -0.05) is 11.3 Å². The van der Waals surface area contributed by atoms with Crippen molar-refractivity contribution in [3.63, 3.8) is 0 Å². The van der Waals surface area contributed by atoms with Crippen molar-refractivity contribution in [2.24, 2.45) is 0 Å². The number of aromatic nitrogens is 7. The fraction of sp³-hybridized carbons (Fsp3) is 0.190. The standard InChI is InChI=1S/C21H17F3N8O/c1-12-3-4-18(27-8-12)14-5-15(19(33)28-11-16-10-25-13(2)9-26-16)7-17(6-14)32-20(21(22,23)24)29-30-31-32/h3-10H,11H2,1-2H3,(H,28,33)/p+1. The van der Waals surface area contributed by atoms with E-state index in [0.717, 1.165) is 11.3 Å². The van der Waals surface area contributed by atoms with Crippen LogP contribution in [0.5, 0.6) is 0 Å². The number of nitrogens with zero attached hydrogens (tertiary/aromatic N) is 6. The highest BCUT2D eigenvalue weighted by molar-refractivity contribution is 5.95. The largest absolute Gasteiger partial charge is 0.488 e. The van der Waals surface area contributed by atoms with Crippen LogP contribution in [0.15, 0.2) is 48.9 Å². The molecule has 0 bridgehead atoms. The molecule has 0 saturated heterocycles.